The number of amides is 3. The van der Waals surface area contributed by atoms with Gasteiger partial charge in [0.05, 0.1) is 13.7 Å². The number of halogens is 1. The van der Waals surface area contributed by atoms with Gasteiger partial charge in [0.1, 0.15) is 17.1 Å². The van der Waals surface area contributed by atoms with Crippen molar-refractivity contribution in [3.8, 4) is 5.75 Å². The van der Waals surface area contributed by atoms with Crippen molar-refractivity contribution in [1.82, 2.24) is 10.2 Å². The fourth-order valence-corrected chi connectivity index (χ4v) is 3.20. The van der Waals surface area contributed by atoms with E-state index in [4.69, 9.17) is 10.5 Å². The summed E-state index contributed by atoms with van der Waals surface area (Å²) in [5.41, 5.74) is 5.21. The number of nitrogens with two attached hydrogens (primary N) is 1. The Balaban J connectivity index is 1.95. The van der Waals surface area contributed by atoms with Crippen LogP contribution < -0.4 is 15.8 Å². The van der Waals surface area contributed by atoms with Gasteiger partial charge in [-0.2, -0.15) is 0 Å². The first kappa shape index (κ1) is 18.4. The van der Waals surface area contributed by atoms with Crippen molar-refractivity contribution in [2.24, 2.45) is 5.73 Å². The lowest BCUT2D eigenvalue weighted by atomic mass is 9.90. The number of methoxy groups -OCH3 is 1. The Morgan fingerprint density at radius 2 is 2.04 bits per heavy atom. The number of fused-ring (bicyclic) bond motifs is 1. The molecule has 0 bridgehead atoms. The summed E-state index contributed by atoms with van der Waals surface area (Å²) in [5, 5.41) is 2.41. The van der Waals surface area contributed by atoms with E-state index in [9.17, 15) is 18.8 Å². The molecule has 0 spiro atoms. The predicted molar refractivity (Wildman–Crippen MR) is 94.6 cm³/mol. The van der Waals surface area contributed by atoms with Crippen molar-refractivity contribution >= 4 is 18.2 Å². The Morgan fingerprint density at radius 3 is 2.63 bits per heavy atom. The van der Waals surface area contributed by atoms with Crippen molar-refractivity contribution in [3.63, 3.8) is 0 Å². The zero-order valence-corrected chi connectivity index (χ0v) is 14.6. The fraction of sp³-hybridized carbons (Fsp3) is 0.211. The highest BCUT2D eigenvalue weighted by Crippen LogP contribution is 2.30. The SMILES string of the molecule is COc1ccc2c(c1)C(=O)N(CC(C=O)(NC(N)=O)c1ccc(F)cc1)C2. The van der Waals surface area contributed by atoms with Gasteiger partial charge in [-0.25, -0.2) is 9.18 Å². The number of nitrogens with zero attached hydrogens (tertiary/aromatic N) is 1. The number of nitrogens with one attached hydrogen (secondary N) is 1. The van der Waals surface area contributed by atoms with E-state index in [1.54, 1.807) is 18.2 Å². The van der Waals surface area contributed by atoms with Gasteiger partial charge in [0.2, 0.25) is 0 Å². The molecule has 140 valence electrons. The molecule has 1 unspecified atom stereocenters. The molecule has 0 aromatic heterocycles. The van der Waals surface area contributed by atoms with Gasteiger partial charge in [-0.05, 0) is 35.4 Å². The van der Waals surface area contributed by atoms with E-state index >= 15 is 0 Å². The number of carbonyl (C=O) groups excluding carboxylic acids is 3. The van der Waals surface area contributed by atoms with Gasteiger partial charge in [0, 0.05) is 12.1 Å². The number of primary amides is 1. The molecule has 1 heterocycles. The predicted octanol–water partition coefficient (Wildman–Crippen LogP) is 1.55. The van der Waals surface area contributed by atoms with E-state index in [0.29, 0.717) is 23.2 Å². The van der Waals surface area contributed by atoms with Crippen LogP contribution in [0.25, 0.3) is 0 Å². The van der Waals surface area contributed by atoms with E-state index in [1.165, 1.54) is 36.3 Å². The normalized spacial score (nSPS) is 15.0. The molecule has 0 aliphatic carbocycles. The van der Waals surface area contributed by atoms with Crippen molar-refractivity contribution in [3.05, 3.63) is 65.0 Å². The third kappa shape index (κ3) is 3.46. The molecule has 0 fully saturated rings. The largest absolute Gasteiger partial charge is 0.497 e. The molecule has 3 N–H and O–H groups in total. The highest BCUT2D eigenvalue weighted by molar-refractivity contribution is 5.99. The lowest BCUT2D eigenvalue weighted by molar-refractivity contribution is -0.113. The average molecular weight is 371 g/mol. The van der Waals surface area contributed by atoms with Crippen LogP contribution in [0.1, 0.15) is 21.5 Å². The van der Waals surface area contributed by atoms with Gasteiger partial charge in [-0.1, -0.05) is 18.2 Å². The van der Waals surface area contributed by atoms with Gasteiger partial charge >= 0.3 is 6.03 Å². The number of benzene rings is 2. The number of rotatable bonds is 6. The van der Waals surface area contributed by atoms with Crippen molar-refractivity contribution in [2.45, 2.75) is 12.1 Å². The molecule has 1 atom stereocenters. The number of carbonyl (C=O) groups is 3. The van der Waals surface area contributed by atoms with E-state index in [2.05, 4.69) is 5.32 Å². The van der Waals surface area contributed by atoms with Crippen LogP contribution in [0, 0.1) is 5.82 Å². The highest BCUT2D eigenvalue weighted by Gasteiger charge is 2.39. The molecular formula is C19H18FN3O4. The van der Waals surface area contributed by atoms with Crippen LogP contribution in [0.5, 0.6) is 5.75 Å². The van der Waals surface area contributed by atoms with Crippen molar-refractivity contribution in [2.75, 3.05) is 13.7 Å². The molecule has 2 aromatic carbocycles. The van der Waals surface area contributed by atoms with E-state index < -0.39 is 17.4 Å². The first-order chi connectivity index (χ1) is 12.9. The van der Waals surface area contributed by atoms with E-state index in [0.717, 1.165) is 5.56 Å². The second-order valence-corrected chi connectivity index (χ2v) is 6.27. The molecule has 7 nitrogen and oxygen atoms in total. The smallest absolute Gasteiger partial charge is 0.313 e. The van der Waals surface area contributed by atoms with E-state index in [1.807, 2.05) is 0 Å². The van der Waals surface area contributed by atoms with Crippen molar-refractivity contribution in [1.29, 1.82) is 0 Å². The molecule has 1 aliphatic rings. The molecule has 0 saturated heterocycles. The monoisotopic (exact) mass is 371 g/mol. The molecular weight excluding hydrogens is 353 g/mol. The summed E-state index contributed by atoms with van der Waals surface area (Å²) < 4.78 is 18.4. The van der Waals surface area contributed by atoms with Gasteiger partial charge in [0.25, 0.3) is 5.91 Å². The second-order valence-electron chi connectivity index (χ2n) is 6.27. The zero-order valence-electron chi connectivity index (χ0n) is 14.6. The molecule has 0 radical (unpaired) electrons. The fourth-order valence-electron chi connectivity index (χ4n) is 3.20. The van der Waals surface area contributed by atoms with E-state index in [-0.39, 0.29) is 19.0 Å². The van der Waals surface area contributed by atoms with Crippen LogP contribution >= 0.6 is 0 Å². The topological polar surface area (TPSA) is 102 Å². The first-order valence-corrected chi connectivity index (χ1v) is 8.15. The maximum Gasteiger partial charge on any atom is 0.313 e. The van der Waals surface area contributed by atoms with Crippen LogP contribution in [0.2, 0.25) is 0 Å². The quantitative estimate of drug-likeness (QED) is 0.752. The minimum atomic E-state index is -1.60. The number of urea groups is 1. The minimum absolute atomic E-state index is 0.152. The van der Waals surface area contributed by atoms with Crippen LogP contribution in [-0.2, 0) is 16.9 Å². The van der Waals surface area contributed by atoms with Gasteiger partial charge in [-0.3, -0.25) is 4.79 Å². The summed E-state index contributed by atoms with van der Waals surface area (Å²) in [7, 11) is 1.50. The standard InChI is InChI=1S/C19H18FN3O4/c1-27-15-7-2-12-9-23(17(25)16(12)8-15)10-19(11-24,22-18(21)26)13-3-5-14(20)6-4-13/h2-8,11H,9-10H2,1H3,(H3,21,22,26). The van der Waals surface area contributed by atoms with Gasteiger partial charge in [-0.15, -0.1) is 0 Å². The molecule has 2 aromatic rings. The summed E-state index contributed by atoms with van der Waals surface area (Å²) in [5.74, 6) is -0.253. The molecule has 8 heteroatoms. The summed E-state index contributed by atoms with van der Waals surface area (Å²) >= 11 is 0. The number of aldehydes is 1. The highest BCUT2D eigenvalue weighted by atomic mass is 19.1. The van der Waals surface area contributed by atoms with Crippen LogP contribution in [-0.4, -0.2) is 36.8 Å². The van der Waals surface area contributed by atoms with Crippen molar-refractivity contribution < 1.29 is 23.5 Å². The first-order valence-electron chi connectivity index (χ1n) is 8.15. The average Bonchev–Trinajstić information content (AvgIpc) is 2.96. The third-order valence-electron chi connectivity index (χ3n) is 4.54. The Labute approximate surface area is 154 Å². The summed E-state index contributed by atoms with van der Waals surface area (Å²) in [6, 6.07) is 9.28. The van der Waals surface area contributed by atoms with Gasteiger partial charge in [0.15, 0.2) is 6.29 Å². The maximum atomic E-state index is 13.3. The summed E-state index contributed by atoms with van der Waals surface area (Å²) in [6.07, 6.45) is 0.502. The summed E-state index contributed by atoms with van der Waals surface area (Å²) in [4.78, 5) is 37.7. The number of hydrogen-bond acceptors (Lipinski definition) is 4. The lowest BCUT2D eigenvalue weighted by Crippen LogP contribution is -2.56. The zero-order chi connectivity index (χ0) is 19.6. The molecule has 3 amide bonds. The van der Waals surface area contributed by atoms with Crippen LogP contribution in [0.15, 0.2) is 42.5 Å². The Hall–Kier alpha value is -3.42. The third-order valence-corrected chi connectivity index (χ3v) is 4.54. The summed E-state index contributed by atoms with van der Waals surface area (Å²) in [6.45, 7) is 0.107. The number of ether oxygens (including phenoxy) is 1. The molecule has 1 aliphatic heterocycles. The maximum absolute atomic E-state index is 13.3. The van der Waals surface area contributed by atoms with Gasteiger partial charge < -0.3 is 25.5 Å². The minimum Gasteiger partial charge on any atom is -0.497 e. The lowest BCUT2D eigenvalue weighted by Gasteiger charge is -2.33. The Bertz CT molecular complexity index is 900. The molecule has 0 saturated carbocycles. The molecule has 27 heavy (non-hydrogen) atoms. The van der Waals surface area contributed by atoms with Crippen LogP contribution in [0.3, 0.4) is 0 Å². The Morgan fingerprint density at radius 1 is 1.33 bits per heavy atom. The van der Waals surface area contributed by atoms with Crippen LogP contribution in [0.4, 0.5) is 9.18 Å². The number of hydrogen-bond donors (Lipinski definition) is 2. The Kier molecular flexibility index (Phi) is 4.81. The molecule has 3 rings (SSSR count). The second kappa shape index (κ2) is 7.06.